The third kappa shape index (κ3) is 5.88. The van der Waals surface area contributed by atoms with E-state index in [1.807, 2.05) is 42.4 Å². The van der Waals surface area contributed by atoms with Crippen molar-refractivity contribution >= 4 is 5.91 Å². The summed E-state index contributed by atoms with van der Waals surface area (Å²) in [4.78, 5) is 19.5. The van der Waals surface area contributed by atoms with Crippen LogP contribution >= 0.6 is 0 Å². The van der Waals surface area contributed by atoms with Crippen LogP contribution in [0.15, 0.2) is 36.8 Å². The van der Waals surface area contributed by atoms with Gasteiger partial charge in [0.1, 0.15) is 11.9 Å². The number of ether oxygens (including phenoxy) is 2. The van der Waals surface area contributed by atoms with Gasteiger partial charge < -0.3 is 18.9 Å². The largest absolute Gasteiger partial charge is 0.497 e. The minimum Gasteiger partial charge on any atom is -0.497 e. The molecule has 1 aliphatic heterocycles. The van der Waals surface area contributed by atoms with E-state index < -0.39 is 6.10 Å². The first-order valence-electron chi connectivity index (χ1n) is 11.7. The van der Waals surface area contributed by atoms with Crippen LogP contribution in [-0.4, -0.2) is 46.2 Å². The maximum Gasteiger partial charge on any atom is 0.252 e. The van der Waals surface area contributed by atoms with Gasteiger partial charge in [0.05, 0.1) is 25.2 Å². The molecular weight excluding hydrogens is 390 g/mol. The second kappa shape index (κ2) is 10.3. The molecule has 6 nitrogen and oxygen atoms in total. The summed E-state index contributed by atoms with van der Waals surface area (Å²) in [6.45, 7) is 4.24. The number of carbonyl (C=O) groups excluding carboxylic acids is 1. The Morgan fingerprint density at radius 3 is 2.68 bits per heavy atom. The lowest BCUT2D eigenvalue weighted by atomic mass is 9.87. The molecule has 1 aromatic carbocycles. The average Bonchev–Trinajstić information content (AvgIpc) is 3.24. The SMILES string of the molecule is COc1ccc(CN2C[C@H](C)O[C@H](Cc3cn(CCC4CCCCC4)cn3)C2=O)cc1. The monoisotopic (exact) mass is 425 g/mol. The van der Waals surface area contributed by atoms with Gasteiger partial charge in [-0.05, 0) is 37.0 Å². The Bertz CT molecular complexity index is 842. The highest BCUT2D eigenvalue weighted by Crippen LogP contribution is 2.27. The average molecular weight is 426 g/mol. The molecule has 1 saturated heterocycles. The number of morpholine rings is 1. The highest BCUT2D eigenvalue weighted by Gasteiger charge is 2.33. The van der Waals surface area contributed by atoms with Crippen LogP contribution in [0.4, 0.5) is 0 Å². The molecule has 2 aliphatic rings. The summed E-state index contributed by atoms with van der Waals surface area (Å²) < 4.78 is 13.4. The number of aryl methyl sites for hydroxylation is 1. The Hall–Kier alpha value is -2.34. The first kappa shape index (κ1) is 21.9. The third-order valence-electron chi connectivity index (χ3n) is 6.60. The summed E-state index contributed by atoms with van der Waals surface area (Å²) in [5.74, 6) is 1.73. The number of imidazole rings is 1. The topological polar surface area (TPSA) is 56.6 Å². The molecule has 0 radical (unpaired) electrons. The van der Waals surface area contributed by atoms with Crippen molar-refractivity contribution in [2.45, 2.75) is 77.2 Å². The van der Waals surface area contributed by atoms with Gasteiger partial charge in [-0.3, -0.25) is 4.79 Å². The van der Waals surface area contributed by atoms with Gasteiger partial charge in [0.15, 0.2) is 0 Å². The van der Waals surface area contributed by atoms with E-state index in [1.54, 1.807) is 7.11 Å². The number of aromatic nitrogens is 2. The summed E-state index contributed by atoms with van der Waals surface area (Å²) in [5, 5.41) is 0. The fraction of sp³-hybridized carbons (Fsp3) is 0.600. The molecule has 2 aromatic rings. The number of carbonyl (C=O) groups is 1. The molecule has 0 bridgehead atoms. The van der Waals surface area contributed by atoms with Gasteiger partial charge in [0, 0.05) is 32.3 Å². The zero-order chi connectivity index (χ0) is 21.6. The van der Waals surface area contributed by atoms with Crippen LogP contribution in [0.25, 0.3) is 0 Å². The molecule has 1 aromatic heterocycles. The Morgan fingerprint density at radius 1 is 1.16 bits per heavy atom. The van der Waals surface area contributed by atoms with Crippen molar-refractivity contribution in [3.8, 4) is 5.75 Å². The van der Waals surface area contributed by atoms with E-state index >= 15 is 0 Å². The lowest BCUT2D eigenvalue weighted by Gasteiger charge is -2.36. The molecular formula is C25H35N3O3. The first-order chi connectivity index (χ1) is 15.1. The molecule has 0 unspecified atom stereocenters. The van der Waals surface area contributed by atoms with E-state index in [-0.39, 0.29) is 12.0 Å². The van der Waals surface area contributed by atoms with Crippen molar-refractivity contribution in [2.75, 3.05) is 13.7 Å². The zero-order valence-electron chi connectivity index (χ0n) is 18.8. The zero-order valence-corrected chi connectivity index (χ0v) is 18.8. The van der Waals surface area contributed by atoms with Crippen LogP contribution in [-0.2, 0) is 29.0 Å². The van der Waals surface area contributed by atoms with E-state index in [0.717, 1.165) is 29.5 Å². The van der Waals surface area contributed by atoms with Crippen molar-refractivity contribution in [3.63, 3.8) is 0 Å². The van der Waals surface area contributed by atoms with Crippen molar-refractivity contribution in [2.24, 2.45) is 5.92 Å². The van der Waals surface area contributed by atoms with Crippen molar-refractivity contribution in [1.29, 1.82) is 0 Å². The number of methoxy groups -OCH3 is 1. The molecule has 168 valence electrons. The lowest BCUT2D eigenvalue weighted by Crippen LogP contribution is -2.51. The smallest absolute Gasteiger partial charge is 0.252 e. The molecule has 1 amide bonds. The van der Waals surface area contributed by atoms with E-state index in [0.29, 0.717) is 19.5 Å². The predicted molar refractivity (Wildman–Crippen MR) is 120 cm³/mol. The van der Waals surface area contributed by atoms with Crippen LogP contribution in [0, 0.1) is 5.92 Å². The second-order valence-electron chi connectivity index (χ2n) is 9.10. The van der Waals surface area contributed by atoms with Crippen molar-refractivity contribution < 1.29 is 14.3 Å². The van der Waals surface area contributed by atoms with Crippen LogP contribution in [0.2, 0.25) is 0 Å². The maximum atomic E-state index is 13.1. The van der Waals surface area contributed by atoms with E-state index in [1.165, 1.54) is 38.5 Å². The standard InChI is InChI=1S/C25H35N3O3/c1-19-15-28(16-21-8-10-23(30-2)11-9-21)25(29)24(31-19)14-22-17-27(18-26-22)13-12-20-6-4-3-5-7-20/h8-11,17-20,24H,3-7,12-16H2,1-2H3/t19-,24+/m0/s1. The first-order valence-corrected chi connectivity index (χ1v) is 11.7. The fourth-order valence-corrected chi connectivity index (χ4v) is 4.85. The van der Waals surface area contributed by atoms with Gasteiger partial charge in [-0.15, -0.1) is 0 Å². The summed E-state index contributed by atoms with van der Waals surface area (Å²) >= 11 is 0. The van der Waals surface area contributed by atoms with E-state index in [2.05, 4.69) is 15.7 Å². The molecule has 31 heavy (non-hydrogen) atoms. The summed E-state index contributed by atoms with van der Waals surface area (Å²) in [7, 11) is 1.66. The number of hydrogen-bond donors (Lipinski definition) is 0. The molecule has 0 N–H and O–H groups in total. The number of hydrogen-bond acceptors (Lipinski definition) is 4. The maximum absolute atomic E-state index is 13.1. The molecule has 6 heteroatoms. The number of nitrogens with zero attached hydrogens (tertiary/aromatic N) is 3. The van der Waals surface area contributed by atoms with Crippen molar-refractivity contribution in [3.05, 3.63) is 48.0 Å². The summed E-state index contributed by atoms with van der Waals surface area (Å²) in [6, 6.07) is 7.88. The van der Waals surface area contributed by atoms with Gasteiger partial charge in [-0.25, -0.2) is 4.98 Å². The molecule has 0 spiro atoms. The Balaban J connectivity index is 1.33. The van der Waals surface area contributed by atoms with Gasteiger partial charge in [0.25, 0.3) is 5.91 Å². The molecule has 2 atom stereocenters. The van der Waals surface area contributed by atoms with Crippen LogP contribution in [0.5, 0.6) is 5.75 Å². The molecule has 1 aliphatic carbocycles. The van der Waals surface area contributed by atoms with Crippen LogP contribution < -0.4 is 4.74 Å². The van der Waals surface area contributed by atoms with Gasteiger partial charge in [0.2, 0.25) is 0 Å². The molecule has 1 saturated carbocycles. The fourth-order valence-electron chi connectivity index (χ4n) is 4.85. The highest BCUT2D eigenvalue weighted by molar-refractivity contribution is 5.82. The Kier molecular flexibility index (Phi) is 7.28. The van der Waals surface area contributed by atoms with Gasteiger partial charge >= 0.3 is 0 Å². The molecule has 2 heterocycles. The summed E-state index contributed by atoms with van der Waals surface area (Å²) in [5.41, 5.74) is 2.02. The number of benzene rings is 1. The number of rotatable bonds is 8. The second-order valence-corrected chi connectivity index (χ2v) is 9.10. The van der Waals surface area contributed by atoms with E-state index in [4.69, 9.17) is 9.47 Å². The lowest BCUT2D eigenvalue weighted by molar-refractivity contribution is -0.161. The Morgan fingerprint density at radius 2 is 1.94 bits per heavy atom. The Labute approximate surface area is 185 Å². The van der Waals surface area contributed by atoms with E-state index in [9.17, 15) is 4.79 Å². The van der Waals surface area contributed by atoms with Crippen LogP contribution in [0.1, 0.15) is 56.7 Å². The van der Waals surface area contributed by atoms with Gasteiger partial charge in [-0.1, -0.05) is 44.2 Å². The van der Waals surface area contributed by atoms with Crippen molar-refractivity contribution in [1.82, 2.24) is 14.5 Å². The predicted octanol–water partition coefficient (Wildman–Crippen LogP) is 4.22. The highest BCUT2D eigenvalue weighted by atomic mass is 16.5. The third-order valence-corrected chi connectivity index (χ3v) is 6.60. The summed E-state index contributed by atoms with van der Waals surface area (Å²) in [6.07, 6.45) is 12.2. The normalized spacial score (nSPS) is 22.6. The number of amides is 1. The minimum atomic E-state index is -0.469. The van der Waals surface area contributed by atoms with Crippen LogP contribution in [0.3, 0.4) is 0 Å². The quantitative estimate of drug-likeness (QED) is 0.635. The van der Waals surface area contributed by atoms with Gasteiger partial charge in [-0.2, -0.15) is 0 Å². The molecule has 4 rings (SSSR count). The molecule has 2 fully saturated rings. The minimum absolute atomic E-state index is 0.00864.